The Morgan fingerprint density at radius 3 is 2.37 bits per heavy atom. The van der Waals surface area contributed by atoms with Crippen molar-refractivity contribution in [2.45, 2.75) is 141 Å². The molecule has 0 aromatic heterocycles. The van der Waals surface area contributed by atoms with Crippen molar-refractivity contribution in [2.24, 2.45) is 17.8 Å². The zero-order valence-electron chi connectivity index (χ0n) is 25.4. The Morgan fingerprint density at radius 2 is 1.66 bits per heavy atom. The van der Waals surface area contributed by atoms with Crippen molar-refractivity contribution in [1.82, 2.24) is 0 Å². The highest BCUT2D eigenvalue weighted by Gasteiger charge is 2.44. The van der Waals surface area contributed by atoms with Crippen LogP contribution in [0.15, 0.2) is 12.2 Å². The number of carbonyl (C=O) groups excluding carboxylic acids is 1. The van der Waals surface area contributed by atoms with Crippen LogP contribution in [0.5, 0.6) is 0 Å². The second-order valence-corrected chi connectivity index (χ2v) is 12.5. The molecule has 4 fully saturated rings. The van der Waals surface area contributed by atoms with E-state index in [0.717, 1.165) is 71.0 Å². The maximum Gasteiger partial charge on any atom is 0.332 e. The topological polar surface area (TPSA) is 92.7 Å². The van der Waals surface area contributed by atoms with E-state index >= 15 is 0 Å². The predicted octanol–water partition coefficient (Wildman–Crippen LogP) is 6.08. The van der Waals surface area contributed by atoms with Gasteiger partial charge in [0.15, 0.2) is 12.6 Å². The van der Waals surface area contributed by atoms with Gasteiger partial charge in [0.25, 0.3) is 0 Å². The van der Waals surface area contributed by atoms with E-state index in [4.69, 9.17) is 28.4 Å². The van der Waals surface area contributed by atoms with Crippen LogP contribution in [0.2, 0.25) is 0 Å². The highest BCUT2D eigenvalue weighted by atomic mass is 16.7. The first-order chi connectivity index (χ1) is 20.1. The Morgan fingerprint density at radius 1 is 0.927 bits per heavy atom. The summed E-state index contributed by atoms with van der Waals surface area (Å²) in [7, 11) is 0. The number of aliphatic hydroxyl groups excluding tert-OH is 1. The van der Waals surface area contributed by atoms with E-state index in [1.807, 2.05) is 13.0 Å². The Balaban J connectivity index is 1.35. The second kappa shape index (κ2) is 18.6. The lowest BCUT2D eigenvalue weighted by Gasteiger charge is -2.36. The molecule has 0 amide bonds. The number of esters is 1. The standard InChI is InChI=1S/C33H56O8/c1-2-19-37-31(35)24-36-20-9-6-14-26-27(30(23-28(26)34)41-33-16-8-11-22-39-33)17-18-29(25-12-4-3-5-13-25)40-32-15-7-10-21-38-32/h6,9,25-30,32-34H,2-5,7-8,10-24H2,1H3/b9-6-/t26-,27-,28+,29-,30-,32?,33?/m1/s1. The largest absolute Gasteiger partial charge is 0.464 e. The van der Waals surface area contributed by atoms with Crippen LogP contribution in [0, 0.1) is 17.8 Å². The molecular weight excluding hydrogens is 524 g/mol. The van der Waals surface area contributed by atoms with E-state index in [2.05, 4.69) is 6.08 Å². The van der Waals surface area contributed by atoms with Gasteiger partial charge in [-0.3, -0.25) is 0 Å². The first kappa shape index (κ1) is 32.9. The Kier molecular flexibility index (Phi) is 14.9. The average molecular weight is 581 g/mol. The van der Waals surface area contributed by atoms with Crippen LogP contribution >= 0.6 is 0 Å². The van der Waals surface area contributed by atoms with Gasteiger partial charge in [0.2, 0.25) is 0 Å². The molecule has 236 valence electrons. The van der Waals surface area contributed by atoms with E-state index in [9.17, 15) is 9.90 Å². The van der Waals surface area contributed by atoms with Crippen molar-refractivity contribution in [3.05, 3.63) is 12.2 Å². The van der Waals surface area contributed by atoms with Crippen LogP contribution in [0.25, 0.3) is 0 Å². The molecule has 4 rings (SSSR count). The lowest BCUT2D eigenvalue weighted by molar-refractivity contribution is -0.207. The molecule has 0 aromatic carbocycles. The van der Waals surface area contributed by atoms with Gasteiger partial charge in [-0.25, -0.2) is 4.79 Å². The molecule has 41 heavy (non-hydrogen) atoms. The van der Waals surface area contributed by atoms with E-state index < -0.39 is 6.10 Å². The molecule has 2 saturated heterocycles. The number of rotatable bonds is 16. The quantitative estimate of drug-likeness (QED) is 0.133. The third kappa shape index (κ3) is 11.2. The van der Waals surface area contributed by atoms with E-state index in [1.165, 1.54) is 38.5 Å². The lowest BCUT2D eigenvalue weighted by atomic mass is 9.80. The molecule has 8 heteroatoms. The van der Waals surface area contributed by atoms with Crippen LogP contribution in [-0.2, 0) is 33.2 Å². The first-order valence-corrected chi connectivity index (χ1v) is 16.7. The molecular formula is C33H56O8. The van der Waals surface area contributed by atoms with Crippen LogP contribution in [0.1, 0.15) is 110 Å². The minimum absolute atomic E-state index is 0.0194. The van der Waals surface area contributed by atoms with Gasteiger partial charge in [-0.1, -0.05) is 38.3 Å². The molecule has 2 heterocycles. The second-order valence-electron chi connectivity index (χ2n) is 12.5. The summed E-state index contributed by atoms with van der Waals surface area (Å²) in [4.78, 5) is 11.6. The van der Waals surface area contributed by atoms with Crippen LogP contribution in [-0.4, -0.2) is 75.0 Å². The van der Waals surface area contributed by atoms with Gasteiger partial charge in [0, 0.05) is 19.6 Å². The summed E-state index contributed by atoms with van der Waals surface area (Å²) in [6, 6.07) is 0. The van der Waals surface area contributed by atoms with Gasteiger partial charge in [-0.2, -0.15) is 0 Å². The summed E-state index contributed by atoms with van der Waals surface area (Å²) in [5.74, 6) is 0.588. The van der Waals surface area contributed by atoms with Gasteiger partial charge < -0.3 is 33.5 Å². The maximum atomic E-state index is 11.6. The molecule has 0 spiro atoms. The summed E-state index contributed by atoms with van der Waals surface area (Å²) in [5.41, 5.74) is 0. The summed E-state index contributed by atoms with van der Waals surface area (Å²) < 4.78 is 35.7. The summed E-state index contributed by atoms with van der Waals surface area (Å²) in [5, 5.41) is 11.2. The minimum atomic E-state index is -0.418. The molecule has 4 aliphatic rings. The van der Waals surface area contributed by atoms with Crippen molar-refractivity contribution in [1.29, 1.82) is 0 Å². The molecule has 2 aliphatic heterocycles. The number of carbonyl (C=O) groups is 1. The predicted molar refractivity (Wildman–Crippen MR) is 156 cm³/mol. The number of hydrogen-bond acceptors (Lipinski definition) is 8. The lowest BCUT2D eigenvalue weighted by Crippen LogP contribution is -2.35. The van der Waals surface area contributed by atoms with Crippen molar-refractivity contribution in [3.8, 4) is 0 Å². The zero-order chi connectivity index (χ0) is 28.7. The molecule has 7 atom stereocenters. The van der Waals surface area contributed by atoms with E-state index in [-0.39, 0.29) is 49.2 Å². The highest BCUT2D eigenvalue weighted by molar-refractivity contribution is 5.70. The number of allylic oxidation sites excluding steroid dienone is 1. The third-order valence-corrected chi connectivity index (χ3v) is 9.36. The maximum absolute atomic E-state index is 11.6. The summed E-state index contributed by atoms with van der Waals surface area (Å²) >= 11 is 0. The molecule has 8 nitrogen and oxygen atoms in total. The molecule has 2 saturated carbocycles. The summed E-state index contributed by atoms with van der Waals surface area (Å²) in [6.45, 7) is 4.25. The van der Waals surface area contributed by atoms with Gasteiger partial charge >= 0.3 is 5.97 Å². The molecule has 2 aliphatic carbocycles. The van der Waals surface area contributed by atoms with Gasteiger partial charge in [-0.15, -0.1) is 0 Å². The van der Waals surface area contributed by atoms with E-state index in [0.29, 0.717) is 25.6 Å². The molecule has 0 radical (unpaired) electrons. The molecule has 2 unspecified atom stereocenters. The summed E-state index contributed by atoms with van der Waals surface area (Å²) in [6.07, 6.45) is 20.5. The smallest absolute Gasteiger partial charge is 0.332 e. The van der Waals surface area contributed by atoms with Gasteiger partial charge in [0.1, 0.15) is 6.61 Å². The van der Waals surface area contributed by atoms with Crippen molar-refractivity contribution in [2.75, 3.05) is 33.0 Å². The fraction of sp³-hybridized carbons (Fsp3) is 0.909. The van der Waals surface area contributed by atoms with E-state index in [1.54, 1.807) is 0 Å². The van der Waals surface area contributed by atoms with Gasteiger partial charge in [-0.05, 0) is 94.8 Å². The molecule has 0 aromatic rings. The normalized spacial score (nSPS) is 32.3. The van der Waals surface area contributed by atoms with Crippen molar-refractivity contribution in [3.63, 3.8) is 0 Å². The highest BCUT2D eigenvalue weighted by Crippen LogP contribution is 2.42. The third-order valence-electron chi connectivity index (χ3n) is 9.36. The molecule has 1 N–H and O–H groups in total. The van der Waals surface area contributed by atoms with Crippen LogP contribution in [0.3, 0.4) is 0 Å². The Bertz CT molecular complexity index is 742. The van der Waals surface area contributed by atoms with Crippen molar-refractivity contribution < 1.29 is 38.3 Å². The van der Waals surface area contributed by atoms with Crippen LogP contribution < -0.4 is 0 Å². The number of aliphatic hydroxyl groups is 1. The SMILES string of the molecule is CCCOC(=O)COC/C=C\C[C@@H]1[C@@H](CC[C@@H](OC2CCCCO2)C2CCCCC2)[C@H](OC2CCCCO2)C[C@@H]1O. The first-order valence-electron chi connectivity index (χ1n) is 16.7. The van der Waals surface area contributed by atoms with Gasteiger partial charge in [0.05, 0.1) is 31.5 Å². The Labute approximate surface area is 247 Å². The van der Waals surface area contributed by atoms with Crippen molar-refractivity contribution >= 4 is 5.97 Å². The number of ether oxygens (including phenoxy) is 6. The zero-order valence-corrected chi connectivity index (χ0v) is 25.4. The average Bonchev–Trinajstić information content (AvgIpc) is 3.30. The monoisotopic (exact) mass is 580 g/mol. The fourth-order valence-corrected chi connectivity index (χ4v) is 7.13. The Hall–Kier alpha value is -1.03. The molecule has 0 bridgehead atoms. The fourth-order valence-electron chi connectivity index (χ4n) is 7.13. The minimum Gasteiger partial charge on any atom is -0.464 e. The number of hydrogen-bond donors (Lipinski definition) is 1. The van der Waals surface area contributed by atoms with Crippen LogP contribution in [0.4, 0.5) is 0 Å².